The second-order valence-corrected chi connectivity index (χ2v) is 7.65. The molecule has 2 rings (SSSR count). The van der Waals surface area contributed by atoms with E-state index in [2.05, 4.69) is 0 Å². The van der Waals surface area contributed by atoms with Crippen LogP contribution in [0.25, 0.3) is 0 Å². The lowest BCUT2D eigenvalue weighted by Crippen LogP contribution is -2.49. The number of hydrogen-bond acceptors (Lipinski definition) is 4. The third-order valence-electron chi connectivity index (χ3n) is 4.34. The maximum absolute atomic E-state index is 14.2. The quantitative estimate of drug-likeness (QED) is 0.661. The van der Waals surface area contributed by atoms with E-state index in [0.29, 0.717) is 38.0 Å². The number of alkyl halides is 1. The molecule has 0 radical (unpaired) electrons. The first-order chi connectivity index (χ1) is 12.2. The van der Waals surface area contributed by atoms with E-state index >= 15 is 0 Å². The zero-order valence-corrected chi connectivity index (χ0v) is 15.9. The summed E-state index contributed by atoms with van der Waals surface area (Å²) in [6.45, 7) is 8.68. The number of likely N-dealkylation sites (tertiary alicyclic amines) is 1. The van der Waals surface area contributed by atoms with Gasteiger partial charge in [0.05, 0.1) is 6.10 Å². The molecule has 7 heteroatoms. The lowest BCUT2D eigenvalue weighted by Gasteiger charge is -2.34. The van der Waals surface area contributed by atoms with Crippen LogP contribution in [0.2, 0.25) is 0 Å². The van der Waals surface area contributed by atoms with E-state index in [4.69, 9.17) is 4.74 Å². The summed E-state index contributed by atoms with van der Waals surface area (Å²) in [5.74, 6) is -1.29. The highest BCUT2D eigenvalue weighted by atomic mass is 19.1. The van der Waals surface area contributed by atoms with Crippen molar-refractivity contribution in [1.82, 2.24) is 9.47 Å². The number of hydrogen-bond donors (Lipinski definition) is 0. The Labute approximate surface area is 152 Å². The third kappa shape index (κ3) is 5.37. The van der Waals surface area contributed by atoms with E-state index in [1.165, 1.54) is 12.3 Å². The zero-order chi connectivity index (χ0) is 19.4. The van der Waals surface area contributed by atoms with Crippen molar-refractivity contribution in [3.05, 3.63) is 34.0 Å². The fourth-order valence-electron chi connectivity index (χ4n) is 3.05. The first-order valence-electron chi connectivity index (χ1n) is 9.14. The van der Waals surface area contributed by atoms with Crippen molar-refractivity contribution in [2.24, 2.45) is 5.92 Å². The Morgan fingerprint density at radius 1 is 1.31 bits per heavy atom. The van der Waals surface area contributed by atoms with Gasteiger partial charge in [0.15, 0.2) is 5.82 Å². The molecule has 0 spiro atoms. The van der Waals surface area contributed by atoms with Crippen molar-refractivity contribution in [2.45, 2.75) is 58.9 Å². The van der Waals surface area contributed by atoms with Crippen molar-refractivity contribution in [2.75, 3.05) is 19.6 Å². The maximum atomic E-state index is 14.2. The van der Waals surface area contributed by atoms with Crippen LogP contribution in [0.5, 0.6) is 0 Å². The number of rotatable bonds is 8. The number of pyridine rings is 1. The topological polar surface area (TPSA) is 51.5 Å². The van der Waals surface area contributed by atoms with Gasteiger partial charge in [0, 0.05) is 25.8 Å². The molecule has 0 N–H and O–H groups in total. The fraction of sp³-hybridized carbons (Fsp3) is 0.684. The minimum atomic E-state index is -0.888. The van der Waals surface area contributed by atoms with Crippen LogP contribution >= 0.6 is 0 Å². The number of ether oxygens (including phenoxy) is 1. The minimum Gasteiger partial charge on any atom is -0.461 e. The Bertz CT molecular complexity index is 682. The standard InChI is InChI=1S/C19H28F2N2O3/c1-12(2)7-17(19(25)26-13(3)4)23-9-14(8-16(21)18(23)24)5-6-22-10-15(20)11-22/h8-9,12-13,15,17H,5-7,10-11H2,1-4H3. The Kier molecular flexibility index (Phi) is 6.92. The summed E-state index contributed by atoms with van der Waals surface area (Å²) in [6.07, 6.45) is 1.29. The van der Waals surface area contributed by atoms with Gasteiger partial charge < -0.3 is 4.74 Å². The largest absolute Gasteiger partial charge is 0.461 e. The van der Waals surface area contributed by atoms with Crippen molar-refractivity contribution >= 4 is 5.97 Å². The van der Waals surface area contributed by atoms with Crippen LogP contribution in [0.4, 0.5) is 8.78 Å². The number of carbonyl (C=O) groups excluding carboxylic acids is 1. The first kappa shape index (κ1) is 20.6. The molecule has 1 aromatic heterocycles. The molecule has 0 aliphatic carbocycles. The number of halogens is 2. The summed E-state index contributed by atoms with van der Waals surface area (Å²) < 4.78 is 33.5. The van der Waals surface area contributed by atoms with E-state index in [9.17, 15) is 18.4 Å². The number of nitrogens with zero attached hydrogens (tertiary/aromatic N) is 2. The van der Waals surface area contributed by atoms with Crippen molar-refractivity contribution in [3.8, 4) is 0 Å². The number of aromatic nitrogens is 1. The smallest absolute Gasteiger partial charge is 0.329 e. The maximum Gasteiger partial charge on any atom is 0.329 e. The van der Waals surface area contributed by atoms with Gasteiger partial charge in [-0.05, 0) is 44.2 Å². The van der Waals surface area contributed by atoms with E-state index in [1.54, 1.807) is 13.8 Å². The zero-order valence-electron chi connectivity index (χ0n) is 15.9. The van der Waals surface area contributed by atoms with Gasteiger partial charge in [0.1, 0.15) is 12.2 Å². The highest BCUT2D eigenvalue weighted by Crippen LogP contribution is 2.20. The van der Waals surface area contributed by atoms with Crippen LogP contribution in [0.3, 0.4) is 0 Å². The van der Waals surface area contributed by atoms with Crippen LogP contribution in [-0.4, -0.2) is 47.3 Å². The Morgan fingerprint density at radius 3 is 2.50 bits per heavy atom. The van der Waals surface area contributed by atoms with Crippen molar-refractivity contribution in [3.63, 3.8) is 0 Å². The molecule has 146 valence electrons. The fourth-order valence-corrected chi connectivity index (χ4v) is 3.05. The molecule has 1 fully saturated rings. The average Bonchev–Trinajstić information content (AvgIpc) is 2.50. The van der Waals surface area contributed by atoms with Crippen molar-refractivity contribution in [1.29, 1.82) is 0 Å². The molecule has 26 heavy (non-hydrogen) atoms. The molecule has 1 unspecified atom stereocenters. The first-order valence-corrected chi connectivity index (χ1v) is 9.14. The second kappa shape index (κ2) is 8.75. The normalized spacial score (nSPS) is 16.8. The molecule has 0 amide bonds. The molecule has 1 saturated heterocycles. The highest BCUT2D eigenvalue weighted by molar-refractivity contribution is 5.74. The molecular formula is C19H28F2N2O3. The van der Waals surface area contributed by atoms with E-state index in [-0.39, 0.29) is 12.0 Å². The molecule has 1 aliphatic rings. The van der Waals surface area contributed by atoms with Crippen LogP contribution in [0.15, 0.2) is 17.1 Å². The van der Waals surface area contributed by atoms with E-state index < -0.39 is 29.6 Å². The van der Waals surface area contributed by atoms with Gasteiger partial charge in [0.2, 0.25) is 0 Å². The van der Waals surface area contributed by atoms with Crippen LogP contribution < -0.4 is 5.56 Å². The monoisotopic (exact) mass is 370 g/mol. The number of esters is 1. The third-order valence-corrected chi connectivity index (χ3v) is 4.34. The second-order valence-electron chi connectivity index (χ2n) is 7.65. The van der Waals surface area contributed by atoms with Gasteiger partial charge in [-0.25, -0.2) is 13.6 Å². The Balaban J connectivity index is 2.24. The predicted molar refractivity (Wildman–Crippen MR) is 95.4 cm³/mol. The molecule has 1 aromatic rings. The van der Waals surface area contributed by atoms with E-state index in [1.807, 2.05) is 18.7 Å². The van der Waals surface area contributed by atoms with Crippen LogP contribution in [0.1, 0.15) is 45.7 Å². The SMILES string of the molecule is CC(C)CC(C(=O)OC(C)C)n1cc(CCN2CC(F)C2)cc(F)c1=O. The predicted octanol–water partition coefficient (Wildman–Crippen LogP) is 2.72. The molecule has 0 bridgehead atoms. The van der Waals surface area contributed by atoms with Crippen molar-refractivity contribution < 1.29 is 18.3 Å². The highest BCUT2D eigenvalue weighted by Gasteiger charge is 2.28. The lowest BCUT2D eigenvalue weighted by molar-refractivity contribution is -0.152. The summed E-state index contributed by atoms with van der Waals surface area (Å²) in [6, 6.07) is 0.338. The van der Waals surface area contributed by atoms with Crippen LogP contribution in [-0.2, 0) is 16.0 Å². The van der Waals surface area contributed by atoms with Crippen LogP contribution in [0, 0.1) is 11.7 Å². The summed E-state index contributed by atoms with van der Waals surface area (Å²) in [5, 5.41) is 0. The molecule has 1 atom stereocenters. The van der Waals surface area contributed by atoms with Gasteiger partial charge >= 0.3 is 5.97 Å². The van der Waals surface area contributed by atoms with Gasteiger partial charge in [-0.3, -0.25) is 14.3 Å². The molecular weight excluding hydrogens is 342 g/mol. The molecule has 5 nitrogen and oxygen atoms in total. The summed E-state index contributed by atoms with van der Waals surface area (Å²) >= 11 is 0. The molecule has 0 aromatic carbocycles. The number of carbonyl (C=O) groups is 1. The Hall–Kier alpha value is -1.76. The Morgan fingerprint density at radius 2 is 1.96 bits per heavy atom. The average molecular weight is 370 g/mol. The summed E-state index contributed by atoms with van der Waals surface area (Å²) in [7, 11) is 0. The molecule has 2 heterocycles. The minimum absolute atomic E-state index is 0.126. The van der Waals surface area contributed by atoms with Gasteiger partial charge in [-0.2, -0.15) is 0 Å². The van der Waals surface area contributed by atoms with Gasteiger partial charge in [-0.15, -0.1) is 0 Å². The molecule has 0 saturated carbocycles. The molecule has 1 aliphatic heterocycles. The lowest BCUT2D eigenvalue weighted by atomic mass is 10.0. The van der Waals surface area contributed by atoms with E-state index in [0.717, 1.165) is 4.57 Å². The van der Waals surface area contributed by atoms with Gasteiger partial charge in [-0.1, -0.05) is 13.8 Å². The summed E-state index contributed by atoms with van der Waals surface area (Å²) in [4.78, 5) is 26.7. The summed E-state index contributed by atoms with van der Waals surface area (Å²) in [5.41, 5.74) is -0.219. The van der Waals surface area contributed by atoms with Gasteiger partial charge in [0.25, 0.3) is 5.56 Å².